The minimum absolute atomic E-state index is 0.634. The number of aldehydes is 2. The summed E-state index contributed by atoms with van der Waals surface area (Å²) in [7, 11) is 0. The summed E-state index contributed by atoms with van der Waals surface area (Å²) in [5.74, 6) is 0. The maximum absolute atomic E-state index is 11.2. The lowest BCUT2D eigenvalue weighted by Crippen LogP contribution is -2.26. The van der Waals surface area contributed by atoms with Crippen molar-refractivity contribution in [3.05, 3.63) is 60.7 Å². The minimum Gasteiger partial charge on any atom is -0.302 e. The van der Waals surface area contributed by atoms with Gasteiger partial charge in [0.15, 0.2) is 0 Å². The van der Waals surface area contributed by atoms with Gasteiger partial charge in [-0.2, -0.15) is 0 Å². The van der Waals surface area contributed by atoms with Gasteiger partial charge in [0.05, 0.1) is 0 Å². The molecule has 2 aliphatic rings. The molecule has 0 aromatic heterocycles. The molecule has 0 N–H and O–H groups in total. The molecule has 2 rings (SSSR count). The number of hydrogen-bond acceptors (Lipinski definition) is 2. The number of rotatable bonds is 4. The molecular weight excluding hydrogens is 212 g/mol. The summed E-state index contributed by atoms with van der Waals surface area (Å²) in [4.78, 5) is 22.4. The van der Waals surface area contributed by atoms with Crippen molar-refractivity contribution >= 4 is 12.6 Å². The second kappa shape index (κ2) is 4.34. The number of carbonyl (C=O) groups excluding carboxylic acids is 2. The highest BCUT2D eigenvalue weighted by Gasteiger charge is 2.31. The van der Waals surface area contributed by atoms with Crippen LogP contribution in [0.25, 0.3) is 11.1 Å². The van der Waals surface area contributed by atoms with Gasteiger partial charge in [0, 0.05) is 0 Å². The zero-order valence-corrected chi connectivity index (χ0v) is 9.30. The van der Waals surface area contributed by atoms with E-state index in [0.29, 0.717) is 18.1 Å². The summed E-state index contributed by atoms with van der Waals surface area (Å²) in [5, 5.41) is 0. The van der Waals surface area contributed by atoms with E-state index >= 15 is 0 Å². The summed E-state index contributed by atoms with van der Waals surface area (Å²) in [6.45, 7) is 3.59. The first-order valence-corrected chi connectivity index (χ1v) is 5.32. The molecule has 0 atom stereocenters. The monoisotopic (exact) mass is 224 g/mol. The van der Waals surface area contributed by atoms with Crippen molar-refractivity contribution in [3.63, 3.8) is 0 Å². The molecule has 0 saturated carbocycles. The van der Waals surface area contributed by atoms with E-state index in [-0.39, 0.29) is 0 Å². The van der Waals surface area contributed by atoms with Crippen LogP contribution in [0.3, 0.4) is 0 Å². The standard InChI is InChI=1S/C15H12O2/c1-2-15(10-16,11-17)14-9-8-12-6-4-3-5-7-13(12)14/h2-11H,1H2. The number of hydrogen-bond donors (Lipinski definition) is 0. The second-order valence-electron chi connectivity index (χ2n) is 3.90. The molecule has 0 unspecified atom stereocenters. The molecule has 2 aliphatic carbocycles. The van der Waals surface area contributed by atoms with Crippen LogP contribution in [-0.4, -0.2) is 12.6 Å². The fourth-order valence-corrected chi connectivity index (χ4v) is 1.95. The summed E-state index contributed by atoms with van der Waals surface area (Å²) in [6.07, 6.45) is 2.65. The predicted octanol–water partition coefficient (Wildman–Crippen LogP) is 2.61. The quantitative estimate of drug-likeness (QED) is 0.454. The van der Waals surface area contributed by atoms with E-state index in [0.717, 1.165) is 11.1 Å². The van der Waals surface area contributed by atoms with Crippen LogP contribution in [0.4, 0.5) is 0 Å². The minimum atomic E-state index is -1.24. The number of allylic oxidation sites excluding steroid dienone is 1. The molecule has 17 heavy (non-hydrogen) atoms. The highest BCUT2D eigenvalue weighted by molar-refractivity contribution is 5.98. The van der Waals surface area contributed by atoms with Gasteiger partial charge in [0.25, 0.3) is 0 Å². The van der Waals surface area contributed by atoms with E-state index in [1.165, 1.54) is 6.08 Å². The Morgan fingerprint density at radius 3 is 2.29 bits per heavy atom. The highest BCUT2D eigenvalue weighted by Crippen LogP contribution is 2.34. The van der Waals surface area contributed by atoms with Crippen LogP contribution >= 0.6 is 0 Å². The van der Waals surface area contributed by atoms with Gasteiger partial charge in [0.1, 0.15) is 18.0 Å². The summed E-state index contributed by atoms with van der Waals surface area (Å²) in [5.41, 5.74) is 1.34. The van der Waals surface area contributed by atoms with Crippen molar-refractivity contribution in [2.75, 3.05) is 0 Å². The van der Waals surface area contributed by atoms with E-state index in [1.807, 2.05) is 36.4 Å². The average Bonchev–Trinajstić information content (AvgIpc) is 2.63. The van der Waals surface area contributed by atoms with Crippen molar-refractivity contribution in [1.82, 2.24) is 0 Å². The van der Waals surface area contributed by atoms with Crippen LogP contribution < -0.4 is 0 Å². The van der Waals surface area contributed by atoms with Crippen LogP contribution in [0.1, 0.15) is 5.56 Å². The lowest BCUT2D eigenvalue weighted by molar-refractivity contribution is -0.119. The van der Waals surface area contributed by atoms with Crippen LogP contribution in [0, 0.1) is 0 Å². The second-order valence-corrected chi connectivity index (χ2v) is 3.90. The third kappa shape index (κ3) is 1.68. The molecule has 84 valence electrons. The zero-order valence-electron chi connectivity index (χ0n) is 9.30. The highest BCUT2D eigenvalue weighted by atomic mass is 16.1. The lowest BCUT2D eigenvalue weighted by atomic mass is 9.82. The maximum Gasteiger partial charge on any atom is 0.141 e. The first kappa shape index (κ1) is 11.3. The van der Waals surface area contributed by atoms with Crippen molar-refractivity contribution in [2.45, 2.75) is 5.41 Å². The molecule has 0 aliphatic heterocycles. The van der Waals surface area contributed by atoms with Gasteiger partial charge in [-0.1, -0.05) is 48.5 Å². The lowest BCUT2D eigenvalue weighted by Gasteiger charge is -2.17. The average molecular weight is 224 g/mol. The van der Waals surface area contributed by atoms with Crippen molar-refractivity contribution in [1.29, 1.82) is 0 Å². The maximum atomic E-state index is 11.2. The van der Waals surface area contributed by atoms with Crippen molar-refractivity contribution in [3.8, 4) is 11.1 Å². The first-order valence-electron chi connectivity index (χ1n) is 5.32. The molecule has 0 aromatic carbocycles. The molecule has 2 nitrogen and oxygen atoms in total. The molecule has 0 spiro atoms. The van der Waals surface area contributed by atoms with E-state index in [1.54, 1.807) is 6.07 Å². The molecule has 0 fully saturated rings. The Kier molecular flexibility index (Phi) is 2.88. The van der Waals surface area contributed by atoms with E-state index < -0.39 is 5.41 Å². The molecule has 0 amide bonds. The summed E-state index contributed by atoms with van der Waals surface area (Å²) in [6, 6.07) is 13.3. The molecule has 0 aromatic rings. The Labute approximate surface area is 99.9 Å². The SMILES string of the molecule is C=CC(C=O)(C=O)c1ccc2cccccc1-2. The van der Waals surface area contributed by atoms with Gasteiger partial charge in [-0.05, 0) is 16.7 Å². The molecule has 2 heteroatoms. The van der Waals surface area contributed by atoms with Gasteiger partial charge >= 0.3 is 0 Å². The Bertz CT molecular complexity index is 521. The molecule has 0 radical (unpaired) electrons. The van der Waals surface area contributed by atoms with Crippen LogP contribution in [-0.2, 0) is 15.0 Å². The Morgan fingerprint density at radius 2 is 1.65 bits per heavy atom. The van der Waals surface area contributed by atoms with Gasteiger partial charge in [-0.15, -0.1) is 6.58 Å². The molecular formula is C15H12O2. The summed E-state index contributed by atoms with van der Waals surface area (Å²) < 4.78 is 0. The summed E-state index contributed by atoms with van der Waals surface area (Å²) >= 11 is 0. The van der Waals surface area contributed by atoms with Crippen molar-refractivity contribution in [2.24, 2.45) is 0 Å². The van der Waals surface area contributed by atoms with Gasteiger partial charge < -0.3 is 9.59 Å². The molecule has 0 heterocycles. The Hall–Kier alpha value is -2.22. The van der Waals surface area contributed by atoms with E-state index in [9.17, 15) is 9.59 Å². The third-order valence-electron chi connectivity index (χ3n) is 2.99. The largest absolute Gasteiger partial charge is 0.302 e. The fourth-order valence-electron chi connectivity index (χ4n) is 1.95. The Morgan fingerprint density at radius 1 is 0.941 bits per heavy atom. The molecule has 0 bridgehead atoms. The third-order valence-corrected chi connectivity index (χ3v) is 2.99. The van der Waals surface area contributed by atoms with Crippen molar-refractivity contribution < 1.29 is 9.59 Å². The van der Waals surface area contributed by atoms with E-state index in [2.05, 4.69) is 6.58 Å². The van der Waals surface area contributed by atoms with Gasteiger partial charge in [-0.25, -0.2) is 0 Å². The predicted molar refractivity (Wildman–Crippen MR) is 67.1 cm³/mol. The topological polar surface area (TPSA) is 34.1 Å². The zero-order chi connectivity index (χ0) is 12.3. The first-order chi connectivity index (χ1) is 8.27. The van der Waals surface area contributed by atoms with Crippen LogP contribution in [0.2, 0.25) is 0 Å². The van der Waals surface area contributed by atoms with E-state index in [4.69, 9.17) is 0 Å². The van der Waals surface area contributed by atoms with Crippen LogP contribution in [0.15, 0.2) is 55.1 Å². The fraction of sp³-hybridized carbons (Fsp3) is 0.0667. The smallest absolute Gasteiger partial charge is 0.141 e. The van der Waals surface area contributed by atoms with Gasteiger partial charge in [-0.3, -0.25) is 0 Å². The Balaban J connectivity index is 2.70. The normalized spacial score (nSPS) is 11.1. The van der Waals surface area contributed by atoms with Gasteiger partial charge in [0.2, 0.25) is 0 Å². The number of carbonyl (C=O) groups is 2. The number of fused-ring (bicyclic) bond motifs is 1. The molecule has 0 saturated heterocycles. The van der Waals surface area contributed by atoms with Crippen LogP contribution in [0.5, 0.6) is 0 Å².